The summed E-state index contributed by atoms with van der Waals surface area (Å²) >= 11 is 0. The normalized spacial score (nSPS) is 20.2. The Morgan fingerprint density at radius 3 is 2.63 bits per heavy atom. The molecule has 0 aromatic carbocycles. The third-order valence-electron chi connectivity index (χ3n) is 4.31. The molecule has 0 spiro atoms. The van der Waals surface area contributed by atoms with Crippen molar-refractivity contribution in [2.24, 2.45) is 5.92 Å². The van der Waals surface area contributed by atoms with Crippen molar-refractivity contribution in [3.63, 3.8) is 0 Å². The molecule has 3 heterocycles. The van der Waals surface area contributed by atoms with Gasteiger partial charge in [0, 0.05) is 31.5 Å². The quantitative estimate of drug-likeness (QED) is 0.869. The minimum Gasteiger partial charge on any atom is -0.444 e. The van der Waals surface area contributed by atoms with Crippen molar-refractivity contribution in [1.82, 2.24) is 20.3 Å². The Labute approximate surface area is 158 Å². The van der Waals surface area contributed by atoms with Crippen LogP contribution in [0.4, 0.5) is 10.5 Å². The van der Waals surface area contributed by atoms with Crippen LogP contribution in [0.2, 0.25) is 0 Å². The molecule has 1 aliphatic rings. The van der Waals surface area contributed by atoms with E-state index in [1.54, 1.807) is 18.6 Å². The Kier molecular flexibility index (Phi) is 5.13. The van der Waals surface area contributed by atoms with E-state index in [-0.39, 0.29) is 11.7 Å². The molecule has 142 valence electrons. The minimum atomic E-state index is -0.535. The van der Waals surface area contributed by atoms with Crippen LogP contribution in [0.3, 0.4) is 0 Å². The number of pyridine rings is 1. The van der Waals surface area contributed by atoms with Crippen LogP contribution >= 0.6 is 0 Å². The Morgan fingerprint density at radius 1 is 1.26 bits per heavy atom. The van der Waals surface area contributed by atoms with Crippen molar-refractivity contribution in [2.75, 3.05) is 18.0 Å². The summed E-state index contributed by atoms with van der Waals surface area (Å²) in [5.74, 6) is 0.362. The van der Waals surface area contributed by atoms with Crippen LogP contribution in [0.15, 0.2) is 18.6 Å². The van der Waals surface area contributed by atoms with Gasteiger partial charge in [-0.2, -0.15) is 5.26 Å². The number of aromatic nitrogens is 3. The number of carbonyl (C=O) groups is 1. The topological polar surface area (TPSA) is 104 Å². The summed E-state index contributed by atoms with van der Waals surface area (Å²) in [6.07, 6.45) is 5.28. The van der Waals surface area contributed by atoms with E-state index in [0.717, 1.165) is 18.7 Å². The van der Waals surface area contributed by atoms with Gasteiger partial charge in [-0.1, -0.05) is 6.92 Å². The van der Waals surface area contributed by atoms with Crippen molar-refractivity contribution >= 4 is 22.8 Å². The molecule has 0 aliphatic carbocycles. The molecule has 1 saturated heterocycles. The molecule has 27 heavy (non-hydrogen) atoms. The molecule has 0 unspecified atom stereocenters. The molecular weight excluding hydrogens is 344 g/mol. The molecule has 0 radical (unpaired) electrons. The zero-order valence-corrected chi connectivity index (χ0v) is 16.1. The lowest BCUT2D eigenvalue weighted by Crippen LogP contribution is -2.51. The van der Waals surface area contributed by atoms with Gasteiger partial charge in [0.1, 0.15) is 22.7 Å². The van der Waals surface area contributed by atoms with Gasteiger partial charge in [-0.25, -0.2) is 14.8 Å². The predicted molar refractivity (Wildman–Crippen MR) is 101 cm³/mol. The zero-order chi connectivity index (χ0) is 19.6. The summed E-state index contributed by atoms with van der Waals surface area (Å²) in [5, 5.41) is 12.2. The third kappa shape index (κ3) is 4.42. The molecule has 1 aliphatic heterocycles. The van der Waals surface area contributed by atoms with Crippen LogP contribution in [0, 0.1) is 17.2 Å². The van der Waals surface area contributed by atoms with Crippen molar-refractivity contribution in [2.45, 2.75) is 45.8 Å². The summed E-state index contributed by atoms with van der Waals surface area (Å²) in [6.45, 7) is 9.09. The first-order valence-electron chi connectivity index (χ1n) is 9.01. The van der Waals surface area contributed by atoms with Gasteiger partial charge in [0.2, 0.25) is 0 Å². The van der Waals surface area contributed by atoms with Crippen LogP contribution in [0.25, 0.3) is 11.0 Å². The summed E-state index contributed by atoms with van der Waals surface area (Å²) < 4.78 is 5.38. The van der Waals surface area contributed by atoms with Crippen LogP contribution in [0.5, 0.6) is 0 Å². The monoisotopic (exact) mass is 368 g/mol. The fourth-order valence-corrected chi connectivity index (χ4v) is 3.39. The molecule has 2 atom stereocenters. The number of hydrogen-bond donors (Lipinski definition) is 1. The molecule has 3 rings (SSSR count). The number of anilines is 1. The summed E-state index contributed by atoms with van der Waals surface area (Å²) in [5.41, 5.74) is 1.68. The number of amides is 1. The van der Waals surface area contributed by atoms with E-state index in [1.165, 1.54) is 0 Å². The first-order valence-corrected chi connectivity index (χ1v) is 9.01. The zero-order valence-electron chi connectivity index (χ0n) is 16.1. The third-order valence-corrected chi connectivity index (χ3v) is 4.31. The fourth-order valence-electron chi connectivity index (χ4n) is 3.39. The van der Waals surface area contributed by atoms with Crippen molar-refractivity contribution < 1.29 is 9.53 Å². The second-order valence-electron chi connectivity index (χ2n) is 7.95. The van der Waals surface area contributed by atoms with Gasteiger partial charge in [0.05, 0.1) is 11.9 Å². The lowest BCUT2D eigenvalue weighted by atomic mass is 9.95. The molecule has 1 amide bonds. The van der Waals surface area contributed by atoms with Gasteiger partial charge in [-0.15, -0.1) is 0 Å². The molecule has 0 saturated carbocycles. The van der Waals surface area contributed by atoms with E-state index in [9.17, 15) is 10.1 Å². The Balaban J connectivity index is 1.84. The lowest BCUT2D eigenvalue weighted by molar-refractivity contribution is 0.0495. The number of nitriles is 1. The average molecular weight is 368 g/mol. The van der Waals surface area contributed by atoms with Gasteiger partial charge in [-0.3, -0.25) is 4.98 Å². The van der Waals surface area contributed by atoms with Gasteiger partial charge < -0.3 is 15.0 Å². The predicted octanol–water partition coefficient (Wildman–Crippen LogP) is 2.64. The van der Waals surface area contributed by atoms with Crippen molar-refractivity contribution in [1.29, 1.82) is 5.26 Å². The highest BCUT2D eigenvalue weighted by Gasteiger charge is 2.29. The number of hydrogen-bond acceptors (Lipinski definition) is 7. The molecular formula is C19H24N6O2. The van der Waals surface area contributed by atoms with Gasteiger partial charge >= 0.3 is 6.09 Å². The van der Waals surface area contributed by atoms with Crippen molar-refractivity contribution in [3.05, 3.63) is 24.3 Å². The van der Waals surface area contributed by atoms with Crippen LogP contribution < -0.4 is 10.2 Å². The summed E-state index contributed by atoms with van der Waals surface area (Å²) in [7, 11) is 0. The summed E-state index contributed by atoms with van der Waals surface area (Å²) in [6, 6.07) is 2.01. The average Bonchev–Trinajstić information content (AvgIpc) is 2.58. The Bertz CT molecular complexity index is 886. The largest absolute Gasteiger partial charge is 0.444 e. The Morgan fingerprint density at radius 2 is 1.96 bits per heavy atom. The number of alkyl carbamates (subject to hydrolysis) is 1. The molecule has 1 N–H and O–H groups in total. The Hall–Kier alpha value is -2.95. The molecule has 2 aromatic heterocycles. The molecule has 8 heteroatoms. The molecule has 8 nitrogen and oxygen atoms in total. The smallest absolute Gasteiger partial charge is 0.407 e. The highest BCUT2D eigenvalue weighted by atomic mass is 16.6. The van der Waals surface area contributed by atoms with E-state index < -0.39 is 11.7 Å². The highest BCUT2D eigenvalue weighted by Crippen LogP contribution is 2.28. The van der Waals surface area contributed by atoms with Gasteiger partial charge in [-0.05, 0) is 33.1 Å². The lowest BCUT2D eigenvalue weighted by Gasteiger charge is -2.38. The number of fused-ring (bicyclic) bond motifs is 1. The van der Waals surface area contributed by atoms with Crippen molar-refractivity contribution in [3.8, 4) is 6.07 Å². The number of rotatable bonds is 2. The maximum Gasteiger partial charge on any atom is 0.407 e. The number of piperidine rings is 1. The van der Waals surface area contributed by atoms with E-state index in [2.05, 4.69) is 38.2 Å². The molecule has 0 bridgehead atoms. The van der Waals surface area contributed by atoms with E-state index >= 15 is 0 Å². The maximum absolute atomic E-state index is 12.2. The van der Waals surface area contributed by atoms with Gasteiger partial charge in [0.15, 0.2) is 5.69 Å². The van der Waals surface area contributed by atoms with Crippen LogP contribution in [-0.4, -0.2) is 45.8 Å². The van der Waals surface area contributed by atoms with Gasteiger partial charge in [0.25, 0.3) is 0 Å². The second-order valence-corrected chi connectivity index (χ2v) is 7.95. The maximum atomic E-state index is 12.2. The van der Waals surface area contributed by atoms with E-state index in [1.807, 2.05) is 20.8 Å². The first-order chi connectivity index (χ1) is 12.8. The first kappa shape index (κ1) is 18.8. The standard InChI is InChI=1S/C19H24N6O2/c1-12-7-13(24-18(26)27-19(2,3)4)11-25(10-12)15-9-23-14(8-20)16-17(15)22-6-5-21-16/h5-6,9,12-13H,7,10-11H2,1-4H3,(H,24,26)/t12-,13+/m0/s1. The second kappa shape index (κ2) is 7.35. The fraction of sp³-hybridized carbons (Fsp3) is 0.526. The molecule has 1 fully saturated rings. The number of carbonyl (C=O) groups excluding carboxylic acids is 1. The molecule has 2 aromatic rings. The number of ether oxygens (including phenoxy) is 1. The minimum absolute atomic E-state index is 0.0500. The number of nitrogens with one attached hydrogen (secondary N) is 1. The number of nitrogens with zero attached hydrogens (tertiary/aromatic N) is 5. The van der Waals surface area contributed by atoms with E-state index in [0.29, 0.717) is 23.5 Å². The summed E-state index contributed by atoms with van der Waals surface area (Å²) in [4.78, 5) is 27.2. The van der Waals surface area contributed by atoms with Crippen LogP contribution in [0.1, 0.15) is 39.8 Å². The highest BCUT2D eigenvalue weighted by molar-refractivity contribution is 5.90. The van der Waals surface area contributed by atoms with E-state index in [4.69, 9.17) is 4.74 Å². The SMILES string of the molecule is C[C@H]1C[C@@H](NC(=O)OC(C)(C)C)CN(c2cnc(C#N)c3nccnc23)C1. The van der Waals surface area contributed by atoms with Crippen LogP contribution in [-0.2, 0) is 4.74 Å².